The maximum atomic E-state index is 13.5. The number of aromatic nitrogens is 2. The molecule has 0 saturated carbocycles. The summed E-state index contributed by atoms with van der Waals surface area (Å²) in [5.74, 6) is -7.13. The molecule has 0 bridgehead atoms. The maximum absolute atomic E-state index is 13.5. The van der Waals surface area contributed by atoms with Crippen molar-refractivity contribution >= 4 is 166 Å². The van der Waals surface area contributed by atoms with Crippen LogP contribution in [0.1, 0.15) is 58.3 Å². The van der Waals surface area contributed by atoms with Crippen LogP contribution in [-0.4, -0.2) is 180 Å². The topological polar surface area (TPSA) is 350 Å². The fourth-order valence-corrected chi connectivity index (χ4v) is 20.2. The van der Waals surface area contributed by atoms with Gasteiger partial charge >= 0.3 is 0 Å². The van der Waals surface area contributed by atoms with Crippen LogP contribution in [0.2, 0.25) is 25.1 Å². The Labute approximate surface area is 712 Å². The fourth-order valence-electron chi connectivity index (χ4n) is 13.0. The number of hydrogen-bond acceptors (Lipinski definition) is 16. The molecule has 5 aliphatic rings. The average molecular weight is 1850 g/mol. The van der Waals surface area contributed by atoms with Crippen molar-refractivity contribution < 1.29 is 88.0 Å². The van der Waals surface area contributed by atoms with Crippen molar-refractivity contribution in [2.45, 2.75) is 73.1 Å². The third-order valence-corrected chi connectivity index (χ3v) is 29.7. The van der Waals surface area contributed by atoms with Crippen LogP contribution < -0.4 is 26.6 Å². The number of hydrogen-bond donors (Lipinski definition) is 5. The van der Waals surface area contributed by atoms with Gasteiger partial charge in [-0.05, 0) is 174 Å². The summed E-state index contributed by atoms with van der Waals surface area (Å²) in [5, 5.41) is 12.9. The quantitative estimate of drug-likeness (QED) is 0.0470. The maximum Gasteiger partial charge on any atom is 0.262 e. The van der Waals surface area contributed by atoms with E-state index < -0.39 is 109 Å². The monoisotopic (exact) mass is 1850 g/mol. The van der Waals surface area contributed by atoms with E-state index in [1.807, 2.05) is 0 Å². The third kappa shape index (κ3) is 26.1. The third-order valence-electron chi connectivity index (χ3n) is 19.5. The van der Waals surface area contributed by atoms with E-state index >= 15 is 0 Å². The number of sulfonamides is 5. The van der Waals surface area contributed by atoms with Gasteiger partial charge in [0, 0.05) is 107 Å². The molecule has 0 radical (unpaired) electrons. The van der Waals surface area contributed by atoms with Gasteiger partial charge in [-0.2, -0.15) is 12.9 Å². The molecule has 27 nitrogen and oxygen atoms in total. The van der Waals surface area contributed by atoms with E-state index in [0.717, 1.165) is 36.6 Å². The molecule has 5 amide bonds. The van der Waals surface area contributed by atoms with Crippen LogP contribution in [0.5, 0.6) is 0 Å². The van der Waals surface area contributed by atoms with E-state index in [9.17, 15) is 88.0 Å². The summed E-state index contributed by atoms with van der Waals surface area (Å²) in [6.45, 7) is 3.88. The van der Waals surface area contributed by atoms with Crippen LogP contribution in [0.4, 0.5) is 50.4 Å². The summed E-state index contributed by atoms with van der Waals surface area (Å²) in [6, 6.07) is 36.2. The Morgan fingerprint density at radius 2 is 0.647 bits per heavy atom. The predicted molar refractivity (Wildman–Crippen MR) is 444 cm³/mol. The molecule has 13 rings (SSSR count). The Bertz CT molecular complexity index is 5600. The van der Waals surface area contributed by atoms with Crippen molar-refractivity contribution in [1.82, 2.24) is 31.1 Å². The number of piperidine rings is 3. The first kappa shape index (κ1) is 94.6. The molecule has 7 aromatic carbocycles. The van der Waals surface area contributed by atoms with E-state index in [0.29, 0.717) is 88.1 Å². The number of anilines is 5. The number of aryl methyl sites for hydroxylation is 1. The highest BCUT2D eigenvalue weighted by molar-refractivity contribution is 7.90. The molecule has 119 heavy (non-hydrogen) atoms. The highest BCUT2D eigenvalue weighted by Gasteiger charge is 2.40. The number of amides is 5. The number of carbonyl (C=O) groups is 5. The Morgan fingerprint density at radius 3 is 0.933 bits per heavy atom. The minimum absolute atomic E-state index is 0.0176. The minimum Gasteiger partial charge on any atom is -0.339 e. The molecule has 5 aliphatic heterocycles. The van der Waals surface area contributed by atoms with Gasteiger partial charge in [-0.25, -0.2) is 77.6 Å². The van der Waals surface area contributed by atoms with Gasteiger partial charge in [-0.3, -0.25) is 24.0 Å². The molecular weight excluding hydrogens is 1770 g/mol. The van der Waals surface area contributed by atoms with Crippen LogP contribution in [-0.2, 0) is 81.1 Å². The van der Waals surface area contributed by atoms with Gasteiger partial charge < -0.3 is 31.2 Å². The van der Waals surface area contributed by atoms with Gasteiger partial charge in [-0.15, -0.1) is 0 Å². The highest BCUT2D eigenvalue weighted by Crippen LogP contribution is 2.32. The summed E-state index contributed by atoms with van der Waals surface area (Å²) < 4.78 is 198. The molecule has 5 saturated heterocycles. The van der Waals surface area contributed by atoms with Crippen LogP contribution in [0.25, 0.3) is 0 Å². The largest absolute Gasteiger partial charge is 0.339 e. The van der Waals surface area contributed by atoms with Crippen molar-refractivity contribution in [1.29, 1.82) is 0 Å². The molecule has 0 spiro atoms. The normalized spacial score (nSPS) is 19.0. The molecule has 42 heteroatoms. The summed E-state index contributed by atoms with van der Waals surface area (Å²) in [4.78, 5) is 65.8. The zero-order valence-corrected chi connectivity index (χ0v) is 71.8. The van der Waals surface area contributed by atoms with Gasteiger partial charge in [0.15, 0.2) is 5.03 Å². The van der Waals surface area contributed by atoms with Crippen molar-refractivity contribution in [3.05, 3.63) is 218 Å². The molecule has 5 unspecified atom stereocenters. The van der Waals surface area contributed by atoms with E-state index in [4.69, 9.17) is 58.0 Å². The van der Waals surface area contributed by atoms with E-state index in [-0.39, 0.29) is 132 Å². The highest BCUT2D eigenvalue weighted by atomic mass is 35.5. The lowest BCUT2D eigenvalue weighted by molar-refractivity contribution is -0.121. The van der Waals surface area contributed by atoms with E-state index in [1.165, 1.54) is 119 Å². The summed E-state index contributed by atoms with van der Waals surface area (Å²) in [6.07, 6.45) is 8.37. The SMILES string of the molecule is CCS(=O)(=O)N1CCCC(C(=O)Nc2ccc(Cl)c(F)c2)C1.CS(=O)(=O)N1CCCC(C(=O)Nc2ccc(Cl)c(F)c2)C1.Cn1cnc(S(=O)(=O)N2CCC(C(=O)Nc3ccc(Cl)c(F)c3)C2)c1.O=C(Nc1ccc(Cl)c(F)c1)C1CCCN(S(=O)(=O)c2ccccc2)C1.O=C(Nc1ccc(Cl)c(F)c1)C1CCN(S(=O)(=O)c2ccccc2)C1. The van der Waals surface area contributed by atoms with Crippen molar-refractivity contribution in [3.8, 4) is 0 Å². The lowest BCUT2D eigenvalue weighted by Crippen LogP contribution is -2.44. The second-order valence-corrected chi connectivity index (χ2v) is 40.1. The molecule has 8 aromatic rings. The van der Waals surface area contributed by atoms with Crippen molar-refractivity contribution in [2.75, 3.05) is 104 Å². The number of nitrogens with one attached hydrogen (secondary N) is 5. The predicted octanol–water partition coefficient (Wildman–Crippen LogP) is 13.1. The second kappa shape index (κ2) is 42.0. The molecule has 642 valence electrons. The van der Waals surface area contributed by atoms with Crippen LogP contribution in [0.3, 0.4) is 0 Å². The zero-order valence-electron chi connectivity index (χ0n) is 64.0. The lowest BCUT2D eigenvalue weighted by atomic mass is 9.98. The van der Waals surface area contributed by atoms with Gasteiger partial charge in [-0.1, -0.05) is 94.4 Å². The van der Waals surface area contributed by atoms with Gasteiger partial charge in [0.1, 0.15) is 29.1 Å². The number of imidazole rings is 1. The van der Waals surface area contributed by atoms with Gasteiger partial charge in [0.25, 0.3) is 10.0 Å². The first-order valence-electron chi connectivity index (χ1n) is 36.9. The Hall–Kier alpha value is -8.25. The van der Waals surface area contributed by atoms with Crippen molar-refractivity contribution in [3.63, 3.8) is 0 Å². The summed E-state index contributed by atoms with van der Waals surface area (Å²) >= 11 is 28.0. The molecule has 6 heterocycles. The smallest absolute Gasteiger partial charge is 0.262 e. The number of nitrogens with zero attached hydrogens (tertiary/aromatic N) is 7. The van der Waals surface area contributed by atoms with E-state index in [2.05, 4.69) is 31.6 Å². The lowest BCUT2D eigenvalue weighted by Gasteiger charge is -2.31. The Balaban J connectivity index is 0.000000170. The average Bonchev–Trinajstić information content (AvgIpc) is 1.77. The molecule has 5 atom stereocenters. The second-order valence-electron chi connectivity index (χ2n) is 28.1. The number of benzene rings is 7. The minimum atomic E-state index is -3.73. The molecule has 5 N–H and O–H groups in total. The summed E-state index contributed by atoms with van der Waals surface area (Å²) in [7, 11) is -15.9. The van der Waals surface area contributed by atoms with Gasteiger partial charge in [0.05, 0.1) is 82.8 Å². The molecule has 5 fully saturated rings. The van der Waals surface area contributed by atoms with Crippen molar-refractivity contribution in [2.24, 2.45) is 36.6 Å². The zero-order chi connectivity index (χ0) is 86.9. The standard InChI is InChI=1S/C18H18ClFN2O3S.C17H16ClFN2O3S.C15H16ClFN4O3S.C14H18ClFN2O3S.C13H16ClFN2O3S/c19-16-9-8-14(11-17(16)20)21-18(23)13-5-4-10-22(12-13)26(24,25)15-6-2-1-3-7-15;18-15-7-6-13(10-16(15)19)20-17(22)12-8-9-21(11-12)25(23,24)14-4-2-1-3-5-14;1-20-8-14(18-9-20)25(23,24)21-5-4-10(7-21)15(22)19-11-2-3-12(16)13(17)6-11;1-2-22(20,21)18-7-3-4-10(9-18)14(19)17-11-5-6-12(15)13(16)8-11;1-21(19,20)17-6-2-3-9(8-17)13(18)16-10-4-5-11(14)12(15)7-10/h1-3,6-9,11,13H,4-5,10,12H2,(H,21,23);1-7,10,12H,8-9,11H2,(H,20,22);2-3,6,8-10H,4-5,7H2,1H3,(H,19,22);5-6,8,10H,2-4,7,9H2,1H3,(H,17,19);4-5,7,9H,2-3,6,8H2,1H3,(H,16,18). The van der Waals surface area contributed by atoms with Crippen LogP contribution in [0, 0.1) is 58.7 Å². The number of rotatable bonds is 19. The Morgan fingerprint density at radius 1 is 0.378 bits per heavy atom. The fraction of sp³-hybridized carbons (Fsp3) is 0.351. The summed E-state index contributed by atoms with van der Waals surface area (Å²) in [5.41, 5.74) is 1.47. The molecule has 1 aromatic heterocycles. The number of halogens is 10. The molecule has 0 aliphatic carbocycles. The first-order valence-corrected chi connectivity index (χ1v) is 46.6. The number of carbonyl (C=O) groups excluding carboxylic acids is 5. The Kier molecular flexibility index (Phi) is 33.4. The molecular formula is C77H84Cl5F5N12O15S5. The van der Waals surface area contributed by atoms with E-state index in [1.54, 1.807) is 54.9 Å². The van der Waals surface area contributed by atoms with Crippen LogP contribution in [0.15, 0.2) is 179 Å². The van der Waals surface area contributed by atoms with Crippen LogP contribution >= 0.6 is 58.0 Å². The first-order chi connectivity index (χ1) is 56.1. The van der Waals surface area contributed by atoms with Gasteiger partial charge in [0.2, 0.25) is 69.6 Å².